The van der Waals surface area contributed by atoms with Gasteiger partial charge in [0.25, 0.3) is 0 Å². The van der Waals surface area contributed by atoms with Crippen LogP contribution in [0.2, 0.25) is 0 Å². The highest BCUT2D eigenvalue weighted by molar-refractivity contribution is 5.92. The van der Waals surface area contributed by atoms with Gasteiger partial charge in [0.05, 0.1) is 7.11 Å². The normalized spacial score (nSPS) is 11.5. The Morgan fingerprint density at radius 1 is 1.35 bits per heavy atom. The van der Waals surface area contributed by atoms with Gasteiger partial charge in [-0.1, -0.05) is 12.1 Å². The zero-order valence-electron chi connectivity index (χ0n) is 10.8. The molecule has 0 atom stereocenters. The zero-order chi connectivity index (χ0) is 12.9. The van der Waals surface area contributed by atoms with Gasteiger partial charge in [0.2, 0.25) is 5.91 Å². The number of rotatable bonds is 3. The van der Waals surface area contributed by atoms with Crippen molar-refractivity contribution in [3.63, 3.8) is 0 Å². The second-order valence-corrected chi connectivity index (χ2v) is 4.85. The molecule has 0 heterocycles. The molecule has 1 rings (SSSR count). The van der Waals surface area contributed by atoms with Crippen LogP contribution < -0.4 is 10.1 Å². The monoisotopic (exact) mass is 233 g/mol. The average molecular weight is 233 g/mol. The number of nitrogens with one attached hydrogen (secondary N) is 1. The van der Waals surface area contributed by atoms with Crippen molar-refractivity contribution < 1.29 is 9.53 Å². The van der Waals surface area contributed by atoms with E-state index in [1.54, 1.807) is 13.2 Å². The molecule has 0 aliphatic carbocycles. The third-order valence-electron chi connectivity index (χ3n) is 2.02. The van der Waals surface area contributed by atoms with Crippen LogP contribution in [-0.2, 0) is 4.79 Å². The summed E-state index contributed by atoms with van der Waals surface area (Å²) in [5, 5.41) is 2.86. The highest BCUT2D eigenvalue weighted by Gasteiger charge is 2.10. The summed E-state index contributed by atoms with van der Waals surface area (Å²) in [5.41, 5.74) is 0.726. The van der Waals surface area contributed by atoms with Crippen LogP contribution >= 0.6 is 0 Å². The van der Waals surface area contributed by atoms with E-state index in [2.05, 4.69) is 5.32 Å². The van der Waals surface area contributed by atoms with Crippen LogP contribution in [0.1, 0.15) is 26.3 Å². The predicted molar refractivity (Wildman–Crippen MR) is 69.9 cm³/mol. The first-order chi connectivity index (χ1) is 7.90. The van der Waals surface area contributed by atoms with E-state index in [-0.39, 0.29) is 11.4 Å². The number of hydrogen-bond acceptors (Lipinski definition) is 2. The van der Waals surface area contributed by atoms with E-state index in [1.165, 1.54) is 6.08 Å². The SMILES string of the molecule is COc1cccc(/C=C\C(=O)NC(C)(C)C)c1. The molecule has 0 aliphatic heterocycles. The van der Waals surface area contributed by atoms with Gasteiger partial charge in [-0.05, 0) is 44.5 Å². The van der Waals surface area contributed by atoms with Crippen molar-refractivity contribution in [1.29, 1.82) is 0 Å². The Bertz CT molecular complexity index is 416. The standard InChI is InChI=1S/C14H19NO2/c1-14(2,3)15-13(16)9-8-11-6-5-7-12(10-11)17-4/h5-10H,1-4H3,(H,15,16)/b9-8-. The van der Waals surface area contributed by atoms with Crippen LogP contribution in [0, 0.1) is 0 Å². The first-order valence-corrected chi connectivity index (χ1v) is 5.55. The lowest BCUT2D eigenvalue weighted by atomic mass is 10.1. The summed E-state index contributed by atoms with van der Waals surface area (Å²) in [6.45, 7) is 5.85. The van der Waals surface area contributed by atoms with E-state index in [4.69, 9.17) is 4.74 Å². The van der Waals surface area contributed by atoms with Crippen LogP contribution in [0.15, 0.2) is 30.3 Å². The highest BCUT2D eigenvalue weighted by atomic mass is 16.5. The highest BCUT2D eigenvalue weighted by Crippen LogP contribution is 2.13. The summed E-state index contributed by atoms with van der Waals surface area (Å²) in [4.78, 5) is 11.6. The lowest BCUT2D eigenvalue weighted by Gasteiger charge is -2.18. The minimum absolute atomic E-state index is 0.0969. The molecule has 0 aromatic heterocycles. The smallest absolute Gasteiger partial charge is 0.244 e. The van der Waals surface area contributed by atoms with Crippen LogP contribution in [0.4, 0.5) is 0 Å². The van der Waals surface area contributed by atoms with E-state index >= 15 is 0 Å². The van der Waals surface area contributed by atoms with Crippen molar-refractivity contribution in [2.45, 2.75) is 26.3 Å². The molecule has 1 aromatic carbocycles. The Morgan fingerprint density at radius 3 is 2.65 bits per heavy atom. The fraction of sp³-hybridized carbons (Fsp3) is 0.357. The number of hydrogen-bond donors (Lipinski definition) is 1. The number of ether oxygens (including phenoxy) is 1. The molecule has 0 radical (unpaired) electrons. The van der Waals surface area contributed by atoms with Gasteiger partial charge in [0.1, 0.15) is 5.75 Å². The predicted octanol–water partition coefficient (Wildman–Crippen LogP) is 2.62. The van der Waals surface area contributed by atoms with E-state index in [1.807, 2.05) is 45.0 Å². The second kappa shape index (κ2) is 5.53. The molecule has 1 amide bonds. The van der Waals surface area contributed by atoms with Crippen molar-refractivity contribution in [2.75, 3.05) is 7.11 Å². The Morgan fingerprint density at radius 2 is 2.06 bits per heavy atom. The quantitative estimate of drug-likeness (QED) is 0.815. The fourth-order valence-corrected chi connectivity index (χ4v) is 1.33. The Kier molecular flexibility index (Phi) is 4.32. The van der Waals surface area contributed by atoms with Crippen LogP contribution in [0.5, 0.6) is 5.75 Å². The van der Waals surface area contributed by atoms with E-state index < -0.39 is 0 Å². The third kappa shape index (κ3) is 5.20. The summed E-state index contributed by atoms with van der Waals surface area (Å²) in [7, 11) is 1.62. The minimum Gasteiger partial charge on any atom is -0.497 e. The molecule has 0 bridgehead atoms. The van der Waals surface area contributed by atoms with E-state index in [0.717, 1.165) is 11.3 Å². The maximum Gasteiger partial charge on any atom is 0.244 e. The Labute approximate surface area is 102 Å². The molecule has 0 saturated carbocycles. The van der Waals surface area contributed by atoms with Crippen molar-refractivity contribution in [2.24, 2.45) is 0 Å². The molecular formula is C14H19NO2. The van der Waals surface area contributed by atoms with Crippen LogP contribution in [0.3, 0.4) is 0 Å². The topological polar surface area (TPSA) is 38.3 Å². The lowest BCUT2D eigenvalue weighted by molar-refractivity contribution is -0.117. The Balaban J connectivity index is 2.67. The molecule has 0 unspecified atom stereocenters. The van der Waals surface area contributed by atoms with Crippen molar-refractivity contribution >= 4 is 12.0 Å². The molecule has 3 nitrogen and oxygen atoms in total. The largest absolute Gasteiger partial charge is 0.497 e. The molecule has 0 aliphatic rings. The minimum atomic E-state index is -0.212. The van der Waals surface area contributed by atoms with Gasteiger partial charge in [0.15, 0.2) is 0 Å². The van der Waals surface area contributed by atoms with Crippen molar-refractivity contribution in [3.8, 4) is 5.75 Å². The number of amides is 1. The molecular weight excluding hydrogens is 214 g/mol. The maximum atomic E-state index is 11.6. The molecule has 0 saturated heterocycles. The number of benzene rings is 1. The van der Waals surface area contributed by atoms with E-state index in [0.29, 0.717) is 0 Å². The van der Waals surface area contributed by atoms with Gasteiger partial charge in [-0.25, -0.2) is 0 Å². The molecule has 0 fully saturated rings. The van der Waals surface area contributed by atoms with Crippen LogP contribution in [0.25, 0.3) is 6.08 Å². The molecule has 3 heteroatoms. The van der Waals surface area contributed by atoms with Gasteiger partial charge in [-0.3, -0.25) is 4.79 Å². The molecule has 17 heavy (non-hydrogen) atoms. The summed E-state index contributed by atoms with van der Waals surface area (Å²) < 4.78 is 5.11. The van der Waals surface area contributed by atoms with Crippen molar-refractivity contribution in [1.82, 2.24) is 5.32 Å². The fourth-order valence-electron chi connectivity index (χ4n) is 1.33. The number of methoxy groups -OCH3 is 1. The van der Waals surface area contributed by atoms with Gasteiger partial charge in [-0.15, -0.1) is 0 Å². The zero-order valence-corrected chi connectivity index (χ0v) is 10.8. The molecule has 1 N–H and O–H groups in total. The van der Waals surface area contributed by atoms with Crippen LogP contribution in [-0.4, -0.2) is 18.6 Å². The van der Waals surface area contributed by atoms with Gasteiger partial charge >= 0.3 is 0 Å². The maximum absolute atomic E-state index is 11.6. The van der Waals surface area contributed by atoms with Crippen molar-refractivity contribution in [3.05, 3.63) is 35.9 Å². The molecule has 0 spiro atoms. The van der Waals surface area contributed by atoms with Gasteiger partial charge in [0, 0.05) is 11.6 Å². The van der Waals surface area contributed by atoms with E-state index in [9.17, 15) is 4.79 Å². The first-order valence-electron chi connectivity index (χ1n) is 5.55. The molecule has 92 valence electrons. The summed E-state index contributed by atoms with van der Waals surface area (Å²) in [6.07, 6.45) is 3.30. The first kappa shape index (κ1) is 13.3. The van der Waals surface area contributed by atoms with Gasteiger partial charge in [-0.2, -0.15) is 0 Å². The number of carbonyl (C=O) groups is 1. The second-order valence-electron chi connectivity index (χ2n) is 4.85. The summed E-state index contributed by atoms with van der Waals surface area (Å²) in [5.74, 6) is 0.684. The summed E-state index contributed by atoms with van der Waals surface area (Å²) in [6, 6.07) is 7.55. The lowest BCUT2D eigenvalue weighted by Crippen LogP contribution is -2.39. The third-order valence-corrected chi connectivity index (χ3v) is 2.02. The molecule has 1 aromatic rings. The average Bonchev–Trinajstić information content (AvgIpc) is 2.24. The van der Waals surface area contributed by atoms with Gasteiger partial charge < -0.3 is 10.1 Å². The summed E-state index contributed by atoms with van der Waals surface area (Å²) >= 11 is 0. The Hall–Kier alpha value is -1.77. The number of carbonyl (C=O) groups excluding carboxylic acids is 1.